The molecule has 5 nitrogen and oxygen atoms in total. The van der Waals surface area contributed by atoms with Gasteiger partial charge in [0.2, 0.25) is 0 Å². The first-order chi connectivity index (χ1) is 28.6. The zero-order chi connectivity index (χ0) is 41.0. The van der Waals surface area contributed by atoms with E-state index in [4.69, 9.17) is 23.7 Å². The van der Waals surface area contributed by atoms with Crippen LogP contribution in [0.5, 0.6) is 28.7 Å². The summed E-state index contributed by atoms with van der Waals surface area (Å²) < 4.78 is 33.0. The second-order valence-corrected chi connectivity index (χ2v) is 16.7. The third-order valence-corrected chi connectivity index (χ3v) is 11.6. The van der Waals surface area contributed by atoms with Crippen molar-refractivity contribution in [3.05, 3.63) is 42.5 Å². The Kier molecular flexibility index (Phi) is 23.7. The second kappa shape index (κ2) is 29.0. The van der Waals surface area contributed by atoms with E-state index in [0.29, 0.717) is 26.4 Å². The number of rotatable bonds is 35. The highest BCUT2D eigenvalue weighted by molar-refractivity contribution is 6.26. The van der Waals surface area contributed by atoms with Crippen LogP contribution in [0.1, 0.15) is 195 Å². The Balaban J connectivity index is 1.80. The van der Waals surface area contributed by atoms with Crippen molar-refractivity contribution in [1.82, 2.24) is 0 Å². The molecule has 0 heterocycles. The number of fused-ring (bicyclic) bond motifs is 6. The lowest BCUT2D eigenvalue weighted by Crippen LogP contribution is -2.04. The van der Waals surface area contributed by atoms with Crippen molar-refractivity contribution in [3.8, 4) is 28.7 Å². The first kappa shape index (κ1) is 47.3. The van der Waals surface area contributed by atoms with E-state index in [1.54, 1.807) is 0 Å². The highest BCUT2D eigenvalue weighted by atomic mass is 16.5. The molecule has 4 aromatic carbocycles. The molecule has 0 bridgehead atoms. The third kappa shape index (κ3) is 16.0. The summed E-state index contributed by atoms with van der Waals surface area (Å²) in [6, 6.07) is 15.6. The van der Waals surface area contributed by atoms with Gasteiger partial charge in [0.25, 0.3) is 0 Å². The molecule has 0 radical (unpaired) electrons. The molecule has 58 heavy (non-hydrogen) atoms. The standard InChI is InChI=1S/C53H82O5/c1-6-11-16-21-26-33-54-43-31-32-44-45(38-43)47-40-51(56-35-28-23-18-13-8-3)53(58-37-30-25-20-15-10-5)42-49(47)48-41-52(57-36-29-24-19-14-9-4)50(39-46(44)48)55-34-27-22-17-12-7-2/h31-32,38-42H,6-30,33-37H2,1-5H3. The Hall–Kier alpha value is -3.34. The van der Waals surface area contributed by atoms with E-state index < -0.39 is 0 Å². The molecule has 0 atom stereocenters. The number of ether oxygens (including phenoxy) is 5. The fourth-order valence-corrected chi connectivity index (χ4v) is 7.98. The van der Waals surface area contributed by atoms with Crippen LogP contribution in [0.3, 0.4) is 0 Å². The van der Waals surface area contributed by atoms with Gasteiger partial charge in [-0.2, -0.15) is 0 Å². The summed E-state index contributed by atoms with van der Waals surface area (Å²) in [6.07, 6.45) is 30.1. The molecule has 4 rings (SSSR count). The summed E-state index contributed by atoms with van der Waals surface area (Å²) in [6.45, 7) is 14.8. The van der Waals surface area contributed by atoms with Crippen LogP contribution in [-0.2, 0) is 0 Å². The maximum absolute atomic E-state index is 6.65. The van der Waals surface area contributed by atoms with Crippen molar-refractivity contribution in [2.45, 2.75) is 195 Å². The smallest absolute Gasteiger partial charge is 0.161 e. The molecule has 324 valence electrons. The van der Waals surface area contributed by atoms with Crippen LogP contribution >= 0.6 is 0 Å². The first-order valence-corrected chi connectivity index (χ1v) is 24.3. The third-order valence-electron chi connectivity index (χ3n) is 11.6. The fourth-order valence-electron chi connectivity index (χ4n) is 7.98. The van der Waals surface area contributed by atoms with Crippen molar-refractivity contribution in [2.24, 2.45) is 0 Å². The van der Waals surface area contributed by atoms with Gasteiger partial charge in [-0.1, -0.05) is 169 Å². The molecule has 0 aliphatic heterocycles. The lowest BCUT2D eigenvalue weighted by atomic mass is 9.93. The molecule has 0 aliphatic rings. The molecular formula is C53H82O5. The maximum atomic E-state index is 6.65. The minimum absolute atomic E-state index is 0.687. The van der Waals surface area contributed by atoms with Gasteiger partial charge in [-0.05, 0) is 101 Å². The molecule has 0 aromatic heterocycles. The fraction of sp³-hybridized carbons (Fsp3) is 0.660. The van der Waals surface area contributed by atoms with E-state index >= 15 is 0 Å². The molecule has 0 fully saturated rings. The van der Waals surface area contributed by atoms with Gasteiger partial charge in [-0.25, -0.2) is 0 Å². The summed E-state index contributed by atoms with van der Waals surface area (Å²) >= 11 is 0. The Labute approximate surface area is 354 Å². The van der Waals surface area contributed by atoms with E-state index in [0.717, 1.165) is 83.6 Å². The average Bonchev–Trinajstić information content (AvgIpc) is 3.24. The van der Waals surface area contributed by atoms with E-state index in [9.17, 15) is 0 Å². The summed E-state index contributed by atoms with van der Waals surface area (Å²) in [5.41, 5.74) is 0. The largest absolute Gasteiger partial charge is 0.494 e. The number of benzene rings is 4. The molecule has 0 amide bonds. The second-order valence-electron chi connectivity index (χ2n) is 16.7. The minimum Gasteiger partial charge on any atom is -0.494 e. The Morgan fingerprint density at radius 1 is 0.259 bits per heavy atom. The molecule has 4 aromatic rings. The normalized spacial score (nSPS) is 11.5. The van der Waals surface area contributed by atoms with Gasteiger partial charge in [-0.15, -0.1) is 0 Å². The summed E-state index contributed by atoms with van der Waals surface area (Å²) in [4.78, 5) is 0. The molecular weight excluding hydrogens is 717 g/mol. The predicted octanol–water partition coefficient (Wildman–Crippen LogP) is 16.9. The van der Waals surface area contributed by atoms with Crippen LogP contribution in [0.15, 0.2) is 42.5 Å². The van der Waals surface area contributed by atoms with Crippen LogP contribution in [0.2, 0.25) is 0 Å². The van der Waals surface area contributed by atoms with E-state index in [1.165, 1.54) is 145 Å². The molecule has 0 spiro atoms. The van der Waals surface area contributed by atoms with Crippen molar-refractivity contribution >= 4 is 32.3 Å². The number of hydrogen-bond acceptors (Lipinski definition) is 5. The number of hydrogen-bond donors (Lipinski definition) is 0. The van der Waals surface area contributed by atoms with E-state index in [1.807, 2.05) is 0 Å². The van der Waals surface area contributed by atoms with Crippen LogP contribution in [0.25, 0.3) is 32.3 Å². The maximum Gasteiger partial charge on any atom is 0.161 e. The highest BCUT2D eigenvalue weighted by Gasteiger charge is 2.19. The van der Waals surface area contributed by atoms with Gasteiger partial charge < -0.3 is 23.7 Å². The van der Waals surface area contributed by atoms with Gasteiger partial charge >= 0.3 is 0 Å². The Bertz CT molecular complexity index is 1640. The highest BCUT2D eigenvalue weighted by Crippen LogP contribution is 2.45. The molecule has 0 N–H and O–H groups in total. The average molecular weight is 799 g/mol. The zero-order valence-corrected chi connectivity index (χ0v) is 37.8. The summed E-state index contributed by atoms with van der Waals surface area (Å²) in [5.74, 6) is 4.27. The van der Waals surface area contributed by atoms with Crippen molar-refractivity contribution in [2.75, 3.05) is 33.0 Å². The molecule has 0 aliphatic carbocycles. The number of unbranched alkanes of at least 4 members (excludes halogenated alkanes) is 20. The van der Waals surface area contributed by atoms with Crippen LogP contribution in [0.4, 0.5) is 0 Å². The summed E-state index contributed by atoms with van der Waals surface area (Å²) in [7, 11) is 0. The Morgan fingerprint density at radius 3 is 0.828 bits per heavy atom. The van der Waals surface area contributed by atoms with Crippen LogP contribution < -0.4 is 23.7 Å². The monoisotopic (exact) mass is 799 g/mol. The van der Waals surface area contributed by atoms with Crippen molar-refractivity contribution in [3.63, 3.8) is 0 Å². The van der Waals surface area contributed by atoms with Gasteiger partial charge in [0.15, 0.2) is 23.0 Å². The SMILES string of the molecule is CCCCCCCOc1ccc2c(c1)c1cc(OCCCCCCC)c(OCCCCCCC)cc1c1cc(OCCCCCCC)c(OCCCCCCC)cc21. The Morgan fingerprint density at radius 2 is 0.517 bits per heavy atom. The van der Waals surface area contributed by atoms with E-state index in [2.05, 4.69) is 77.1 Å². The van der Waals surface area contributed by atoms with Crippen LogP contribution in [-0.4, -0.2) is 33.0 Å². The molecule has 5 heteroatoms. The topological polar surface area (TPSA) is 46.2 Å². The van der Waals surface area contributed by atoms with Crippen LogP contribution in [0, 0.1) is 0 Å². The van der Waals surface area contributed by atoms with E-state index in [-0.39, 0.29) is 0 Å². The summed E-state index contributed by atoms with van der Waals surface area (Å²) in [5, 5.41) is 6.98. The van der Waals surface area contributed by atoms with Gasteiger partial charge in [0.05, 0.1) is 33.0 Å². The van der Waals surface area contributed by atoms with Crippen molar-refractivity contribution in [1.29, 1.82) is 0 Å². The minimum atomic E-state index is 0.687. The van der Waals surface area contributed by atoms with Crippen molar-refractivity contribution < 1.29 is 23.7 Å². The molecule has 0 saturated heterocycles. The molecule has 0 unspecified atom stereocenters. The predicted molar refractivity (Wildman–Crippen MR) is 250 cm³/mol. The lowest BCUT2D eigenvalue weighted by Gasteiger charge is -2.19. The van der Waals surface area contributed by atoms with Gasteiger partial charge in [-0.3, -0.25) is 0 Å². The van der Waals surface area contributed by atoms with Gasteiger partial charge in [0.1, 0.15) is 5.75 Å². The zero-order valence-electron chi connectivity index (χ0n) is 37.8. The quantitative estimate of drug-likeness (QED) is 0.0343. The molecule has 0 saturated carbocycles. The van der Waals surface area contributed by atoms with Gasteiger partial charge in [0, 0.05) is 0 Å². The lowest BCUT2D eigenvalue weighted by molar-refractivity contribution is 0.259. The first-order valence-electron chi connectivity index (χ1n) is 24.3.